The summed E-state index contributed by atoms with van der Waals surface area (Å²) < 4.78 is 35.6. The minimum Gasteiger partial charge on any atom is -0.462 e. The van der Waals surface area contributed by atoms with Crippen molar-refractivity contribution in [3.05, 3.63) is 0 Å². The van der Waals surface area contributed by atoms with E-state index in [0.29, 0.717) is 0 Å². The lowest BCUT2D eigenvalue weighted by molar-refractivity contribution is -0.205. The van der Waals surface area contributed by atoms with Gasteiger partial charge in [-0.2, -0.15) is 0 Å². The van der Waals surface area contributed by atoms with Gasteiger partial charge in [0, 0.05) is 41.5 Å². The van der Waals surface area contributed by atoms with Crippen LogP contribution in [0.5, 0.6) is 0 Å². The standard InChI is InChI=1S/C20H26O14/c1-8(21)28-7-14(29-9(2)22)15(30-10(3)23)16(31-11(4)24)17-18(32-12(5)25)19(20(27)34-17)33-13(6)26/h14-19H,7H2,1-6H3/t14-,15+,16+,17-,18+,19+/m1/s1. The van der Waals surface area contributed by atoms with E-state index in [1.54, 1.807) is 0 Å². The largest absolute Gasteiger partial charge is 0.462 e. The van der Waals surface area contributed by atoms with Crippen molar-refractivity contribution in [3.63, 3.8) is 0 Å². The third kappa shape index (κ3) is 8.67. The molecule has 6 atom stereocenters. The Labute approximate surface area is 194 Å². The van der Waals surface area contributed by atoms with Gasteiger partial charge in [0.25, 0.3) is 0 Å². The molecule has 34 heavy (non-hydrogen) atoms. The van der Waals surface area contributed by atoms with Crippen LogP contribution in [-0.2, 0) is 66.7 Å². The van der Waals surface area contributed by atoms with Gasteiger partial charge in [0.2, 0.25) is 6.10 Å². The second-order valence-electron chi connectivity index (χ2n) is 7.10. The minimum atomic E-state index is -1.75. The quantitative estimate of drug-likeness (QED) is 0.272. The fourth-order valence-corrected chi connectivity index (χ4v) is 3.11. The number of hydrogen-bond donors (Lipinski definition) is 0. The van der Waals surface area contributed by atoms with E-state index in [1.165, 1.54) is 0 Å². The smallest absolute Gasteiger partial charge is 0.352 e. The number of rotatable bonds is 10. The third-order valence-corrected chi connectivity index (χ3v) is 4.09. The SMILES string of the molecule is CC(=O)OC[C@@H](OC(C)=O)[C@H](OC(C)=O)[C@H](OC(C)=O)[C@H]1OC(=O)[C@@H](OC(C)=O)[C@H]1OC(C)=O. The van der Waals surface area contributed by atoms with Crippen molar-refractivity contribution in [2.24, 2.45) is 0 Å². The van der Waals surface area contributed by atoms with Crippen LogP contribution in [0.4, 0.5) is 0 Å². The van der Waals surface area contributed by atoms with Gasteiger partial charge >= 0.3 is 41.8 Å². The number of carbonyl (C=O) groups excluding carboxylic acids is 7. The van der Waals surface area contributed by atoms with Crippen molar-refractivity contribution in [1.82, 2.24) is 0 Å². The summed E-state index contributed by atoms with van der Waals surface area (Å²) in [6, 6.07) is 0. The van der Waals surface area contributed by atoms with Gasteiger partial charge in [-0.3, -0.25) is 28.8 Å². The second-order valence-corrected chi connectivity index (χ2v) is 7.10. The molecule has 190 valence electrons. The summed E-state index contributed by atoms with van der Waals surface area (Å²) in [5.41, 5.74) is 0. The predicted molar refractivity (Wildman–Crippen MR) is 104 cm³/mol. The van der Waals surface area contributed by atoms with E-state index in [0.717, 1.165) is 41.5 Å². The van der Waals surface area contributed by atoms with E-state index < -0.39 is 85.0 Å². The molecule has 0 radical (unpaired) electrons. The van der Waals surface area contributed by atoms with Crippen molar-refractivity contribution in [1.29, 1.82) is 0 Å². The predicted octanol–water partition coefficient (Wildman–Crippen LogP) is -0.867. The first-order valence-electron chi connectivity index (χ1n) is 9.92. The summed E-state index contributed by atoms with van der Waals surface area (Å²) in [5, 5.41) is 0. The van der Waals surface area contributed by atoms with Gasteiger partial charge in [-0.15, -0.1) is 0 Å². The highest BCUT2D eigenvalue weighted by Gasteiger charge is 2.57. The van der Waals surface area contributed by atoms with Crippen LogP contribution < -0.4 is 0 Å². The fourth-order valence-electron chi connectivity index (χ4n) is 3.11. The third-order valence-electron chi connectivity index (χ3n) is 4.09. The zero-order chi connectivity index (χ0) is 26.2. The molecule has 1 heterocycles. The second kappa shape index (κ2) is 12.5. The van der Waals surface area contributed by atoms with Crippen molar-refractivity contribution < 1.29 is 66.7 Å². The highest BCUT2D eigenvalue weighted by molar-refractivity contribution is 5.82. The first kappa shape index (κ1) is 28.3. The number of esters is 7. The summed E-state index contributed by atoms with van der Waals surface area (Å²) in [6.45, 7) is 5.39. The maximum absolute atomic E-state index is 12.4. The molecule has 1 aliphatic heterocycles. The number of hydrogen-bond acceptors (Lipinski definition) is 14. The molecule has 1 rings (SSSR count). The zero-order valence-electron chi connectivity index (χ0n) is 19.4. The highest BCUT2D eigenvalue weighted by atomic mass is 16.7. The summed E-state index contributed by atoms with van der Waals surface area (Å²) in [6.07, 6.45) is -10.1. The van der Waals surface area contributed by atoms with E-state index in [2.05, 4.69) is 0 Å². The molecule has 1 fully saturated rings. The lowest BCUT2D eigenvalue weighted by Crippen LogP contribution is -2.55. The van der Waals surface area contributed by atoms with Crippen LogP contribution in [0.1, 0.15) is 41.5 Å². The molecule has 0 unspecified atom stereocenters. The van der Waals surface area contributed by atoms with E-state index in [-0.39, 0.29) is 0 Å². The van der Waals surface area contributed by atoms with Crippen LogP contribution in [0, 0.1) is 0 Å². The van der Waals surface area contributed by atoms with Crippen LogP contribution in [0.15, 0.2) is 0 Å². The van der Waals surface area contributed by atoms with Gasteiger partial charge < -0.3 is 33.2 Å². The molecule has 14 heteroatoms. The van der Waals surface area contributed by atoms with Gasteiger partial charge in [-0.05, 0) is 0 Å². The molecule has 0 aliphatic carbocycles. The van der Waals surface area contributed by atoms with E-state index in [1.807, 2.05) is 0 Å². The zero-order valence-corrected chi connectivity index (χ0v) is 19.4. The first-order valence-corrected chi connectivity index (χ1v) is 9.92. The number of ether oxygens (including phenoxy) is 7. The number of carbonyl (C=O) groups is 7. The first-order chi connectivity index (χ1) is 15.7. The van der Waals surface area contributed by atoms with Crippen molar-refractivity contribution >= 4 is 41.8 Å². The normalized spacial score (nSPS) is 21.7. The average Bonchev–Trinajstić information content (AvgIpc) is 2.95. The van der Waals surface area contributed by atoms with Gasteiger partial charge in [0.1, 0.15) is 6.61 Å². The lowest BCUT2D eigenvalue weighted by atomic mass is 9.97. The summed E-state index contributed by atoms with van der Waals surface area (Å²) in [5.74, 6) is -6.51. The fraction of sp³-hybridized carbons (Fsp3) is 0.650. The molecule has 0 aromatic heterocycles. The molecule has 0 amide bonds. The Balaban J connectivity index is 3.55. The molecule has 1 aliphatic rings. The molecule has 0 N–H and O–H groups in total. The van der Waals surface area contributed by atoms with Crippen LogP contribution in [-0.4, -0.2) is 85.0 Å². The van der Waals surface area contributed by atoms with Crippen molar-refractivity contribution in [2.45, 2.75) is 78.2 Å². The molecular formula is C20H26O14. The molecule has 14 nitrogen and oxygen atoms in total. The number of cyclic esters (lactones) is 1. The summed E-state index contributed by atoms with van der Waals surface area (Å²) >= 11 is 0. The molecular weight excluding hydrogens is 464 g/mol. The maximum atomic E-state index is 12.4. The summed E-state index contributed by atoms with van der Waals surface area (Å²) in [7, 11) is 0. The molecule has 0 spiro atoms. The van der Waals surface area contributed by atoms with Gasteiger partial charge in [-0.1, -0.05) is 0 Å². The minimum absolute atomic E-state index is 0.642. The summed E-state index contributed by atoms with van der Waals surface area (Å²) in [4.78, 5) is 82.3. The van der Waals surface area contributed by atoms with Gasteiger partial charge in [-0.25, -0.2) is 4.79 Å². The Bertz CT molecular complexity index is 833. The highest BCUT2D eigenvalue weighted by Crippen LogP contribution is 2.30. The molecule has 0 saturated carbocycles. The van der Waals surface area contributed by atoms with Gasteiger partial charge in [0.05, 0.1) is 0 Å². The van der Waals surface area contributed by atoms with E-state index >= 15 is 0 Å². The van der Waals surface area contributed by atoms with Crippen LogP contribution in [0.2, 0.25) is 0 Å². The molecule has 0 bridgehead atoms. The topological polar surface area (TPSA) is 184 Å². The molecule has 0 aromatic rings. The molecule has 1 saturated heterocycles. The Kier molecular flexibility index (Phi) is 10.4. The van der Waals surface area contributed by atoms with Crippen LogP contribution in [0.25, 0.3) is 0 Å². The lowest BCUT2D eigenvalue weighted by Gasteiger charge is -2.35. The van der Waals surface area contributed by atoms with Crippen molar-refractivity contribution in [2.75, 3.05) is 6.61 Å². The van der Waals surface area contributed by atoms with Gasteiger partial charge in [0.15, 0.2) is 30.5 Å². The van der Waals surface area contributed by atoms with E-state index in [9.17, 15) is 33.6 Å². The Morgan fingerprint density at radius 1 is 0.735 bits per heavy atom. The Morgan fingerprint density at radius 2 is 1.26 bits per heavy atom. The van der Waals surface area contributed by atoms with E-state index in [4.69, 9.17) is 33.2 Å². The average molecular weight is 490 g/mol. The monoisotopic (exact) mass is 490 g/mol. The Hall–Kier alpha value is -3.71. The molecule has 0 aromatic carbocycles. The van der Waals surface area contributed by atoms with Crippen LogP contribution >= 0.6 is 0 Å². The van der Waals surface area contributed by atoms with Crippen LogP contribution in [0.3, 0.4) is 0 Å². The van der Waals surface area contributed by atoms with Crippen molar-refractivity contribution in [3.8, 4) is 0 Å². The Morgan fingerprint density at radius 3 is 1.71 bits per heavy atom. The maximum Gasteiger partial charge on any atom is 0.352 e.